The Morgan fingerprint density at radius 2 is 2.10 bits per heavy atom. The molecule has 1 fully saturated rings. The van der Waals surface area contributed by atoms with E-state index in [2.05, 4.69) is 5.32 Å². The predicted octanol–water partition coefficient (Wildman–Crippen LogP) is -0.435. The number of hydrogen-bond donors (Lipinski definition) is 1. The normalized spacial score (nSPS) is 20.2. The molecule has 1 amide bonds. The van der Waals surface area contributed by atoms with Gasteiger partial charge >= 0.3 is 5.97 Å². The van der Waals surface area contributed by atoms with E-state index < -0.39 is 9.84 Å². The molecule has 0 spiro atoms. The van der Waals surface area contributed by atoms with Crippen LogP contribution in [0.2, 0.25) is 0 Å². The summed E-state index contributed by atoms with van der Waals surface area (Å²) < 4.78 is 27.6. The molecular weight excluding hydrogens is 296 g/mol. The summed E-state index contributed by atoms with van der Waals surface area (Å²) in [5.74, 6) is -0.160. The third-order valence-electron chi connectivity index (χ3n) is 3.47. The lowest BCUT2D eigenvalue weighted by molar-refractivity contribution is -0.143. The second kappa shape index (κ2) is 8.33. The molecule has 21 heavy (non-hydrogen) atoms. The Balaban J connectivity index is 2.17. The summed E-state index contributed by atoms with van der Waals surface area (Å²) in [5, 5.41) is 2.96. The number of sulfone groups is 1. The number of hydrogen-bond acceptors (Lipinski definition) is 6. The minimum atomic E-state index is -2.98. The molecule has 1 atom stereocenters. The third kappa shape index (κ3) is 6.43. The number of nitrogens with zero attached hydrogens (tertiary/aromatic N) is 1. The van der Waals surface area contributed by atoms with Gasteiger partial charge in [-0.15, -0.1) is 0 Å². The zero-order valence-corrected chi connectivity index (χ0v) is 13.4. The SMILES string of the molecule is CCOC(=O)CCCNCC(=O)N(C)C1CCS(=O)(=O)C1. The number of ether oxygens (including phenoxy) is 1. The summed E-state index contributed by atoms with van der Waals surface area (Å²) in [5.41, 5.74) is 0. The van der Waals surface area contributed by atoms with Gasteiger partial charge in [-0.3, -0.25) is 9.59 Å². The van der Waals surface area contributed by atoms with Crippen molar-refractivity contribution >= 4 is 21.7 Å². The summed E-state index contributed by atoms with van der Waals surface area (Å²) in [4.78, 5) is 24.5. The van der Waals surface area contributed by atoms with Crippen molar-refractivity contribution in [2.24, 2.45) is 0 Å². The molecule has 0 radical (unpaired) electrons. The Morgan fingerprint density at radius 3 is 2.67 bits per heavy atom. The van der Waals surface area contributed by atoms with Crippen molar-refractivity contribution in [1.82, 2.24) is 10.2 Å². The lowest BCUT2D eigenvalue weighted by atomic mass is 10.2. The molecular formula is C13H24N2O5S. The third-order valence-corrected chi connectivity index (χ3v) is 5.22. The fourth-order valence-corrected chi connectivity index (χ4v) is 3.97. The van der Waals surface area contributed by atoms with E-state index in [0.29, 0.717) is 32.4 Å². The van der Waals surface area contributed by atoms with E-state index in [1.54, 1.807) is 14.0 Å². The van der Waals surface area contributed by atoms with E-state index in [-0.39, 0.29) is 36.0 Å². The predicted molar refractivity (Wildman–Crippen MR) is 78.6 cm³/mol. The van der Waals surface area contributed by atoms with Gasteiger partial charge in [0.05, 0.1) is 24.7 Å². The molecule has 0 aromatic carbocycles. The first-order chi connectivity index (χ1) is 9.85. The van der Waals surface area contributed by atoms with Crippen molar-refractivity contribution in [3.05, 3.63) is 0 Å². The maximum Gasteiger partial charge on any atom is 0.305 e. The van der Waals surface area contributed by atoms with Crippen molar-refractivity contribution in [3.63, 3.8) is 0 Å². The van der Waals surface area contributed by atoms with Crippen molar-refractivity contribution in [2.45, 2.75) is 32.2 Å². The summed E-state index contributed by atoms with van der Waals surface area (Å²) in [7, 11) is -1.35. The molecule has 0 aromatic rings. The summed E-state index contributed by atoms with van der Waals surface area (Å²) in [6, 6.07) is -0.219. The van der Waals surface area contributed by atoms with Gasteiger partial charge in [0.1, 0.15) is 0 Å². The fourth-order valence-electron chi connectivity index (χ4n) is 2.20. The average molecular weight is 320 g/mol. The standard InChI is InChI=1S/C13H24N2O5S/c1-3-20-13(17)5-4-7-14-9-12(16)15(2)11-6-8-21(18,19)10-11/h11,14H,3-10H2,1-2H3. The molecule has 1 aliphatic rings. The Morgan fingerprint density at radius 1 is 1.38 bits per heavy atom. The Kier molecular flexibility index (Phi) is 7.10. The number of nitrogens with one attached hydrogen (secondary N) is 1. The number of carbonyl (C=O) groups is 2. The van der Waals surface area contributed by atoms with Crippen molar-refractivity contribution in [2.75, 3.05) is 38.2 Å². The Bertz CT molecular complexity index is 463. The highest BCUT2D eigenvalue weighted by Crippen LogP contribution is 2.16. The van der Waals surface area contributed by atoms with Crippen LogP contribution in [0.15, 0.2) is 0 Å². The summed E-state index contributed by atoms with van der Waals surface area (Å²) in [6.07, 6.45) is 1.44. The second-order valence-corrected chi connectivity index (χ2v) is 7.38. The maximum atomic E-state index is 11.9. The Labute approximate surface area is 125 Å². The fraction of sp³-hybridized carbons (Fsp3) is 0.846. The second-order valence-electron chi connectivity index (χ2n) is 5.15. The van der Waals surface area contributed by atoms with Crippen LogP contribution in [0.5, 0.6) is 0 Å². The highest BCUT2D eigenvalue weighted by Gasteiger charge is 2.32. The topological polar surface area (TPSA) is 92.8 Å². The minimum absolute atomic E-state index is 0.0537. The first-order valence-corrected chi connectivity index (χ1v) is 9.00. The smallest absolute Gasteiger partial charge is 0.305 e. The molecule has 7 nitrogen and oxygen atoms in total. The van der Waals surface area contributed by atoms with Crippen LogP contribution in [0.4, 0.5) is 0 Å². The lowest BCUT2D eigenvalue weighted by Crippen LogP contribution is -2.42. The number of esters is 1. The van der Waals surface area contributed by atoms with Gasteiger partial charge < -0.3 is 15.0 Å². The molecule has 0 saturated carbocycles. The lowest BCUT2D eigenvalue weighted by Gasteiger charge is -2.23. The van der Waals surface area contributed by atoms with E-state index >= 15 is 0 Å². The molecule has 0 aliphatic carbocycles. The van der Waals surface area contributed by atoms with Crippen LogP contribution in [-0.4, -0.2) is 69.5 Å². The van der Waals surface area contributed by atoms with Gasteiger partial charge in [-0.1, -0.05) is 0 Å². The highest BCUT2D eigenvalue weighted by molar-refractivity contribution is 7.91. The van der Waals surface area contributed by atoms with E-state index in [4.69, 9.17) is 4.74 Å². The highest BCUT2D eigenvalue weighted by atomic mass is 32.2. The van der Waals surface area contributed by atoms with Crippen LogP contribution >= 0.6 is 0 Å². The summed E-state index contributed by atoms with van der Waals surface area (Å²) >= 11 is 0. The van der Waals surface area contributed by atoms with Crippen LogP contribution in [0.25, 0.3) is 0 Å². The van der Waals surface area contributed by atoms with E-state index in [0.717, 1.165) is 0 Å². The monoisotopic (exact) mass is 320 g/mol. The molecule has 1 saturated heterocycles. The van der Waals surface area contributed by atoms with Crippen LogP contribution in [0.3, 0.4) is 0 Å². The average Bonchev–Trinajstić information content (AvgIpc) is 2.78. The molecule has 1 unspecified atom stereocenters. The van der Waals surface area contributed by atoms with Crippen LogP contribution in [0.1, 0.15) is 26.2 Å². The first-order valence-electron chi connectivity index (χ1n) is 7.18. The molecule has 0 bridgehead atoms. The molecule has 122 valence electrons. The molecule has 8 heteroatoms. The minimum Gasteiger partial charge on any atom is -0.466 e. The van der Waals surface area contributed by atoms with E-state index in [1.807, 2.05) is 0 Å². The molecule has 1 N–H and O–H groups in total. The van der Waals surface area contributed by atoms with E-state index in [1.165, 1.54) is 4.90 Å². The van der Waals surface area contributed by atoms with Gasteiger partial charge in [0.25, 0.3) is 0 Å². The largest absolute Gasteiger partial charge is 0.466 e. The number of likely N-dealkylation sites (N-methyl/N-ethyl adjacent to an activating group) is 1. The molecule has 1 rings (SSSR count). The van der Waals surface area contributed by atoms with Crippen molar-refractivity contribution < 1.29 is 22.7 Å². The molecule has 1 aliphatic heterocycles. The zero-order valence-electron chi connectivity index (χ0n) is 12.6. The van der Waals surface area contributed by atoms with Gasteiger partial charge in [-0.25, -0.2) is 8.42 Å². The van der Waals surface area contributed by atoms with Crippen molar-refractivity contribution in [1.29, 1.82) is 0 Å². The van der Waals surface area contributed by atoms with Gasteiger partial charge in [-0.05, 0) is 26.3 Å². The number of carbonyl (C=O) groups excluding carboxylic acids is 2. The van der Waals surface area contributed by atoms with Gasteiger partial charge in [0, 0.05) is 19.5 Å². The molecule has 1 heterocycles. The van der Waals surface area contributed by atoms with Gasteiger partial charge in [0.2, 0.25) is 5.91 Å². The molecule has 0 aromatic heterocycles. The Hall–Kier alpha value is -1.15. The van der Waals surface area contributed by atoms with Crippen molar-refractivity contribution in [3.8, 4) is 0 Å². The van der Waals surface area contributed by atoms with Crippen LogP contribution in [0, 0.1) is 0 Å². The zero-order chi connectivity index (χ0) is 15.9. The van der Waals surface area contributed by atoms with Crippen LogP contribution in [-0.2, 0) is 24.2 Å². The number of amides is 1. The first kappa shape index (κ1) is 17.9. The van der Waals surface area contributed by atoms with E-state index in [9.17, 15) is 18.0 Å². The maximum absolute atomic E-state index is 11.9. The number of rotatable bonds is 8. The quantitative estimate of drug-likeness (QED) is 0.482. The van der Waals surface area contributed by atoms with Crippen LogP contribution < -0.4 is 5.32 Å². The van der Waals surface area contributed by atoms with Gasteiger partial charge in [0.15, 0.2) is 9.84 Å². The van der Waals surface area contributed by atoms with Gasteiger partial charge in [-0.2, -0.15) is 0 Å². The summed E-state index contributed by atoms with van der Waals surface area (Å²) in [6.45, 7) is 2.82.